The smallest absolute Gasteiger partial charge is 0.249 e. The van der Waals surface area contributed by atoms with Gasteiger partial charge in [0, 0.05) is 24.8 Å². The molecule has 2 aliphatic rings. The van der Waals surface area contributed by atoms with Gasteiger partial charge >= 0.3 is 0 Å². The first kappa shape index (κ1) is 18.3. The van der Waals surface area contributed by atoms with Crippen molar-refractivity contribution in [2.75, 3.05) is 35.0 Å². The molecular formula is C20H26N6O2. The number of hydrogen-bond acceptors (Lipinski definition) is 7. The fraction of sp³-hybridized carbons (Fsp3) is 0.450. The summed E-state index contributed by atoms with van der Waals surface area (Å²) in [5, 5.41) is 3.22. The van der Waals surface area contributed by atoms with E-state index < -0.39 is 0 Å². The van der Waals surface area contributed by atoms with Crippen molar-refractivity contribution in [1.82, 2.24) is 9.97 Å². The highest BCUT2D eigenvalue weighted by atomic mass is 16.5. The van der Waals surface area contributed by atoms with Crippen LogP contribution >= 0.6 is 0 Å². The van der Waals surface area contributed by atoms with Crippen LogP contribution in [0.1, 0.15) is 32.6 Å². The maximum absolute atomic E-state index is 12.7. The molecular weight excluding hydrogens is 356 g/mol. The first-order valence-corrected chi connectivity index (χ1v) is 9.63. The standard InChI is InChI=1S/C20H26N6O2/c1-12-19(27)25(2)16-11-22-20(23-15-9-8-13(21)10-17(15)28-3)24-18(16)26(12)14-6-4-5-7-14/h8-12,14H,4-7,21H2,1-3H3,(H,22,23,24)/t12-/m1/s1. The highest BCUT2D eigenvalue weighted by Crippen LogP contribution is 2.39. The molecule has 1 aliphatic heterocycles. The lowest BCUT2D eigenvalue weighted by Crippen LogP contribution is -2.54. The molecule has 0 radical (unpaired) electrons. The molecule has 1 amide bonds. The van der Waals surface area contributed by atoms with E-state index in [0.29, 0.717) is 23.4 Å². The van der Waals surface area contributed by atoms with Crippen molar-refractivity contribution in [3.05, 3.63) is 24.4 Å². The highest BCUT2D eigenvalue weighted by molar-refractivity contribution is 6.04. The van der Waals surface area contributed by atoms with Gasteiger partial charge in [-0.1, -0.05) is 12.8 Å². The predicted octanol–water partition coefficient (Wildman–Crippen LogP) is 2.92. The number of nitrogens with zero attached hydrogens (tertiary/aromatic N) is 4. The van der Waals surface area contributed by atoms with Crippen molar-refractivity contribution in [3.63, 3.8) is 0 Å². The number of carbonyl (C=O) groups is 1. The number of rotatable bonds is 4. The number of aromatic nitrogens is 2. The number of likely N-dealkylation sites (N-methyl/N-ethyl adjacent to an activating group) is 1. The fourth-order valence-electron chi connectivity index (χ4n) is 4.16. The summed E-state index contributed by atoms with van der Waals surface area (Å²) in [4.78, 5) is 25.8. The summed E-state index contributed by atoms with van der Waals surface area (Å²) in [6, 6.07) is 5.47. The minimum Gasteiger partial charge on any atom is -0.494 e. The van der Waals surface area contributed by atoms with E-state index in [9.17, 15) is 4.79 Å². The number of ether oxygens (including phenoxy) is 1. The Kier molecular flexibility index (Phi) is 4.70. The zero-order chi connectivity index (χ0) is 19.8. The summed E-state index contributed by atoms with van der Waals surface area (Å²) < 4.78 is 5.40. The molecule has 1 aliphatic carbocycles. The van der Waals surface area contributed by atoms with Crippen molar-refractivity contribution in [3.8, 4) is 5.75 Å². The van der Waals surface area contributed by atoms with E-state index >= 15 is 0 Å². The average Bonchev–Trinajstić information content (AvgIpc) is 3.22. The number of nitrogen functional groups attached to an aromatic ring is 1. The molecule has 1 saturated carbocycles. The molecule has 1 atom stereocenters. The lowest BCUT2D eigenvalue weighted by atomic mass is 10.1. The van der Waals surface area contributed by atoms with Gasteiger partial charge in [0.05, 0.1) is 19.0 Å². The van der Waals surface area contributed by atoms with Crippen LogP contribution in [0.3, 0.4) is 0 Å². The Hall–Kier alpha value is -3.03. The molecule has 0 bridgehead atoms. The van der Waals surface area contributed by atoms with Gasteiger partial charge < -0.3 is 25.6 Å². The molecule has 0 spiro atoms. The Morgan fingerprint density at radius 1 is 1.29 bits per heavy atom. The number of nitrogens with one attached hydrogen (secondary N) is 1. The second-order valence-electron chi connectivity index (χ2n) is 7.41. The zero-order valence-electron chi connectivity index (χ0n) is 16.5. The quantitative estimate of drug-likeness (QED) is 0.785. The third-order valence-corrected chi connectivity index (χ3v) is 5.65. The Labute approximate surface area is 164 Å². The summed E-state index contributed by atoms with van der Waals surface area (Å²) in [5.41, 5.74) is 7.93. The van der Waals surface area contributed by atoms with Gasteiger partial charge in [-0.05, 0) is 31.9 Å². The van der Waals surface area contributed by atoms with Gasteiger partial charge in [-0.15, -0.1) is 0 Å². The monoisotopic (exact) mass is 382 g/mol. The van der Waals surface area contributed by atoms with Crippen LogP contribution in [0, 0.1) is 0 Å². The minimum atomic E-state index is -0.241. The third kappa shape index (κ3) is 3.08. The molecule has 2 heterocycles. The SMILES string of the molecule is COc1cc(N)ccc1Nc1ncc2c(n1)N(C1CCCC1)[C@H](C)C(=O)N2C. The maximum atomic E-state index is 12.7. The number of hydrogen-bond donors (Lipinski definition) is 2. The van der Waals surface area contributed by atoms with Crippen molar-refractivity contribution in [2.45, 2.75) is 44.7 Å². The predicted molar refractivity (Wildman–Crippen MR) is 110 cm³/mol. The number of carbonyl (C=O) groups excluding carboxylic acids is 1. The average molecular weight is 382 g/mol. The van der Waals surface area contributed by atoms with E-state index in [1.54, 1.807) is 37.4 Å². The van der Waals surface area contributed by atoms with Crippen LogP contribution in [0.15, 0.2) is 24.4 Å². The first-order valence-electron chi connectivity index (χ1n) is 9.63. The summed E-state index contributed by atoms with van der Waals surface area (Å²) in [5.74, 6) is 1.95. The Morgan fingerprint density at radius 3 is 2.75 bits per heavy atom. The van der Waals surface area contributed by atoms with Gasteiger partial charge in [0.25, 0.3) is 0 Å². The second kappa shape index (κ2) is 7.18. The number of methoxy groups -OCH3 is 1. The summed E-state index contributed by atoms with van der Waals surface area (Å²) in [7, 11) is 3.38. The van der Waals surface area contributed by atoms with E-state index in [0.717, 1.165) is 30.0 Å². The summed E-state index contributed by atoms with van der Waals surface area (Å²) in [6.07, 6.45) is 6.25. The molecule has 1 aromatic heterocycles. The van der Waals surface area contributed by atoms with Gasteiger partial charge in [0.1, 0.15) is 17.5 Å². The van der Waals surface area contributed by atoms with Crippen molar-refractivity contribution in [2.24, 2.45) is 0 Å². The summed E-state index contributed by atoms with van der Waals surface area (Å²) in [6.45, 7) is 1.96. The largest absolute Gasteiger partial charge is 0.494 e. The lowest BCUT2D eigenvalue weighted by molar-refractivity contribution is -0.119. The lowest BCUT2D eigenvalue weighted by Gasteiger charge is -2.42. The Bertz CT molecular complexity index is 896. The van der Waals surface area contributed by atoms with E-state index in [2.05, 4.69) is 15.2 Å². The highest BCUT2D eigenvalue weighted by Gasteiger charge is 2.39. The number of anilines is 5. The molecule has 4 rings (SSSR count). The first-order chi connectivity index (χ1) is 13.5. The molecule has 8 nitrogen and oxygen atoms in total. The van der Waals surface area contributed by atoms with E-state index in [1.807, 2.05) is 13.0 Å². The van der Waals surface area contributed by atoms with Crippen LogP contribution in [0.5, 0.6) is 5.75 Å². The normalized spacial score (nSPS) is 19.7. The third-order valence-electron chi connectivity index (χ3n) is 5.65. The van der Waals surface area contributed by atoms with Crippen LogP contribution in [0.4, 0.5) is 28.8 Å². The van der Waals surface area contributed by atoms with E-state index in [4.69, 9.17) is 15.5 Å². The van der Waals surface area contributed by atoms with Gasteiger partial charge in [0.2, 0.25) is 11.9 Å². The second-order valence-corrected chi connectivity index (χ2v) is 7.41. The fourth-order valence-corrected chi connectivity index (χ4v) is 4.16. The molecule has 1 fully saturated rings. The van der Waals surface area contributed by atoms with Crippen LogP contribution in [-0.4, -0.2) is 42.1 Å². The maximum Gasteiger partial charge on any atom is 0.249 e. The topological polar surface area (TPSA) is 96.6 Å². The van der Waals surface area contributed by atoms with Crippen LogP contribution in [0.2, 0.25) is 0 Å². The Morgan fingerprint density at radius 2 is 2.04 bits per heavy atom. The van der Waals surface area contributed by atoms with Gasteiger partial charge in [-0.2, -0.15) is 4.98 Å². The van der Waals surface area contributed by atoms with Crippen LogP contribution in [-0.2, 0) is 4.79 Å². The number of fused-ring (bicyclic) bond motifs is 1. The van der Waals surface area contributed by atoms with Crippen molar-refractivity contribution < 1.29 is 9.53 Å². The van der Waals surface area contributed by atoms with Crippen LogP contribution < -0.4 is 25.6 Å². The molecule has 3 N–H and O–H groups in total. The van der Waals surface area contributed by atoms with Gasteiger partial charge in [0.15, 0.2) is 5.82 Å². The summed E-state index contributed by atoms with van der Waals surface area (Å²) >= 11 is 0. The van der Waals surface area contributed by atoms with Crippen molar-refractivity contribution >= 4 is 34.7 Å². The van der Waals surface area contributed by atoms with Crippen molar-refractivity contribution in [1.29, 1.82) is 0 Å². The number of benzene rings is 1. The molecule has 28 heavy (non-hydrogen) atoms. The minimum absolute atomic E-state index is 0.0731. The molecule has 8 heteroatoms. The van der Waals surface area contributed by atoms with E-state index in [1.165, 1.54) is 12.8 Å². The number of nitrogens with two attached hydrogens (primary N) is 1. The van der Waals surface area contributed by atoms with Gasteiger partial charge in [-0.3, -0.25) is 4.79 Å². The number of amides is 1. The molecule has 148 valence electrons. The molecule has 2 aromatic rings. The molecule has 0 unspecified atom stereocenters. The Balaban J connectivity index is 1.72. The zero-order valence-corrected chi connectivity index (χ0v) is 16.5. The van der Waals surface area contributed by atoms with Crippen LogP contribution in [0.25, 0.3) is 0 Å². The van der Waals surface area contributed by atoms with Gasteiger partial charge in [-0.25, -0.2) is 4.98 Å². The van der Waals surface area contributed by atoms with E-state index in [-0.39, 0.29) is 11.9 Å². The molecule has 0 saturated heterocycles. The molecule has 1 aromatic carbocycles.